The lowest BCUT2D eigenvalue weighted by Gasteiger charge is -2.45. The molecule has 0 N–H and O–H groups in total. The molecule has 0 atom stereocenters. The van der Waals surface area contributed by atoms with Crippen molar-refractivity contribution in [2.24, 2.45) is 0 Å². The standard InChI is InChI=1S/C16H26S3Si/c1-20(2,3)16(18-13-8-14-19-16)11-7-12-17-15-9-5-4-6-10-15/h4-6,9-10H,7-8,11-14H2,1-3H3. The number of hydrogen-bond donors (Lipinski definition) is 0. The summed E-state index contributed by atoms with van der Waals surface area (Å²) in [5.41, 5.74) is 0. The van der Waals surface area contributed by atoms with E-state index in [-0.39, 0.29) is 0 Å². The average Bonchev–Trinajstić information content (AvgIpc) is 2.45. The van der Waals surface area contributed by atoms with Gasteiger partial charge in [0.2, 0.25) is 0 Å². The Balaban J connectivity index is 1.84. The average molecular weight is 343 g/mol. The molecule has 20 heavy (non-hydrogen) atoms. The molecule has 1 aliphatic heterocycles. The molecule has 1 heterocycles. The van der Waals surface area contributed by atoms with Crippen LogP contribution < -0.4 is 0 Å². The fourth-order valence-electron chi connectivity index (χ4n) is 2.54. The molecule has 0 nitrogen and oxygen atoms in total. The Morgan fingerprint density at radius 2 is 1.75 bits per heavy atom. The Morgan fingerprint density at radius 3 is 2.35 bits per heavy atom. The van der Waals surface area contributed by atoms with Gasteiger partial charge in [-0.1, -0.05) is 37.8 Å². The van der Waals surface area contributed by atoms with Crippen LogP contribution in [-0.2, 0) is 0 Å². The third-order valence-electron chi connectivity index (χ3n) is 3.76. The lowest BCUT2D eigenvalue weighted by atomic mass is 10.4. The van der Waals surface area contributed by atoms with E-state index in [0.717, 1.165) is 0 Å². The van der Waals surface area contributed by atoms with E-state index in [2.05, 4.69) is 73.5 Å². The highest BCUT2D eigenvalue weighted by Gasteiger charge is 2.44. The summed E-state index contributed by atoms with van der Waals surface area (Å²) < 4.78 is 0.572. The topological polar surface area (TPSA) is 0 Å². The predicted molar refractivity (Wildman–Crippen MR) is 102 cm³/mol. The summed E-state index contributed by atoms with van der Waals surface area (Å²) in [6, 6.07) is 10.8. The minimum Gasteiger partial charge on any atom is -0.148 e. The monoisotopic (exact) mass is 342 g/mol. The maximum atomic E-state index is 2.56. The summed E-state index contributed by atoms with van der Waals surface area (Å²) in [7, 11) is -1.12. The highest BCUT2D eigenvalue weighted by Crippen LogP contribution is 2.51. The van der Waals surface area contributed by atoms with Crippen molar-refractivity contribution >= 4 is 43.4 Å². The molecule has 0 aliphatic carbocycles. The molecule has 4 heteroatoms. The Morgan fingerprint density at radius 1 is 1.10 bits per heavy atom. The van der Waals surface area contributed by atoms with Gasteiger partial charge in [-0.05, 0) is 48.7 Å². The summed E-state index contributed by atoms with van der Waals surface area (Å²) in [5.74, 6) is 4.02. The van der Waals surface area contributed by atoms with Gasteiger partial charge in [-0.3, -0.25) is 0 Å². The first-order valence-electron chi connectivity index (χ1n) is 7.49. The summed E-state index contributed by atoms with van der Waals surface area (Å²) in [6.45, 7) is 7.67. The minimum absolute atomic E-state index is 0.572. The van der Waals surface area contributed by atoms with Gasteiger partial charge in [0.15, 0.2) is 0 Å². The maximum Gasteiger partial charge on any atom is 0.0752 e. The maximum absolute atomic E-state index is 2.56. The number of hydrogen-bond acceptors (Lipinski definition) is 3. The van der Waals surface area contributed by atoms with Gasteiger partial charge in [0.25, 0.3) is 0 Å². The van der Waals surface area contributed by atoms with E-state index in [0.29, 0.717) is 3.70 Å². The summed E-state index contributed by atoms with van der Waals surface area (Å²) in [4.78, 5) is 1.42. The molecule has 1 aromatic carbocycles. The minimum atomic E-state index is -1.12. The van der Waals surface area contributed by atoms with Gasteiger partial charge >= 0.3 is 0 Å². The molecule has 1 aromatic rings. The van der Waals surface area contributed by atoms with Crippen molar-refractivity contribution in [3.8, 4) is 0 Å². The van der Waals surface area contributed by atoms with Crippen LogP contribution in [0.5, 0.6) is 0 Å². The Bertz CT molecular complexity index is 394. The van der Waals surface area contributed by atoms with Crippen molar-refractivity contribution in [1.82, 2.24) is 0 Å². The van der Waals surface area contributed by atoms with E-state index in [1.807, 2.05) is 11.8 Å². The van der Waals surface area contributed by atoms with E-state index in [1.165, 1.54) is 41.4 Å². The molecule has 0 spiro atoms. The zero-order valence-electron chi connectivity index (χ0n) is 12.9. The smallest absolute Gasteiger partial charge is 0.0752 e. The zero-order valence-corrected chi connectivity index (χ0v) is 16.3. The Labute approximate surface area is 138 Å². The molecular weight excluding hydrogens is 316 g/mol. The molecule has 1 aliphatic rings. The van der Waals surface area contributed by atoms with E-state index in [9.17, 15) is 0 Å². The van der Waals surface area contributed by atoms with E-state index >= 15 is 0 Å². The van der Waals surface area contributed by atoms with Gasteiger partial charge in [0.1, 0.15) is 0 Å². The van der Waals surface area contributed by atoms with Gasteiger partial charge in [0, 0.05) is 4.90 Å². The molecule has 1 fully saturated rings. The summed E-state index contributed by atoms with van der Waals surface area (Å²) in [5, 5.41) is 0. The molecule has 0 unspecified atom stereocenters. The second-order valence-electron chi connectivity index (χ2n) is 6.32. The fraction of sp³-hybridized carbons (Fsp3) is 0.625. The van der Waals surface area contributed by atoms with Gasteiger partial charge in [-0.15, -0.1) is 35.3 Å². The first-order valence-corrected chi connectivity index (χ1v) is 13.9. The van der Waals surface area contributed by atoms with Gasteiger partial charge in [-0.2, -0.15) is 0 Å². The molecule has 2 rings (SSSR count). The molecule has 0 amide bonds. The molecule has 0 bridgehead atoms. The molecule has 0 radical (unpaired) electrons. The van der Waals surface area contributed by atoms with Crippen molar-refractivity contribution in [1.29, 1.82) is 0 Å². The number of benzene rings is 1. The second kappa shape index (κ2) is 7.66. The van der Waals surface area contributed by atoms with Crippen LogP contribution in [0.2, 0.25) is 19.6 Å². The van der Waals surface area contributed by atoms with E-state index < -0.39 is 8.07 Å². The molecule has 0 aromatic heterocycles. The van der Waals surface area contributed by atoms with Crippen molar-refractivity contribution < 1.29 is 0 Å². The van der Waals surface area contributed by atoms with Crippen molar-refractivity contribution in [2.75, 3.05) is 17.3 Å². The van der Waals surface area contributed by atoms with Crippen LogP contribution in [0.25, 0.3) is 0 Å². The summed E-state index contributed by atoms with van der Waals surface area (Å²) >= 11 is 6.57. The first-order chi connectivity index (χ1) is 9.54. The van der Waals surface area contributed by atoms with Crippen LogP contribution in [-0.4, -0.2) is 29.0 Å². The van der Waals surface area contributed by atoms with E-state index in [4.69, 9.17) is 0 Å². The Hall–Kier alpha value is 0.487. The van der Waals surface area contributed by atoms with Crippen LogP contribution in [0, 0.1) is 0 Å². The van der Waals surface area contributed by atoms with Gasteiger partial charge in [-0.25, -0.2) is 0 Å². The zero-order chi connectivity index (χ0) is 14.5. The SMILES string of the molecule is C[Si](C)(C)C1(CCCSc2ccccc2)SCCCS1. The highest BCUT2D eigenvalue weighted by molar-refractivity contribution is 8.21. The lowest BCUT2D eigenvalue weighted by Crippen LogP contribution is -2.48. The van der Waals surface area contributed by atoms with Gasteiger partial charge in [0.05, 0.1) is 11.8 Å². The Kier molecular flexibility index (Phi) is 6.45. The molecular formula is C16H26S3Si. The van der Waals surface area contributed by atoms with Crippen LogP contribution in [0.15, 0.2) is 35.2 Å². The van der Waals surface area contributed by atoms with Crippen LogP contribution in [0.1, 0.15) is 19.3 Å². The predicted octanol–water partition coefficient (Wildman–Crippen LogP) is 6.00. The molecule has 112 valence electrons. The number of thioether (sulfide) groups is 3. The van der Waals surface area contributed by atoms with Crippen molar-refractivity contribution in [3.05, 3.63) is 30.3 Å². The molecule has 0 saturated carbocycles. The summed E-state index contributed by atoms with van der Waals surface area (Å²) in [6.07, 6.45) is 4.15. The molecule has 1 saturated heterocycles. The highest BCUT2D eigenvalue weighted by atomic mass is 32.2. The van der Waals surface area contributed by atoms with Gasteiger partial charge < -0.3 is 0 Å². The third kappa shape index (κ3) is 4.49. The lowest BCUT2D eigenvalue weighted by molar-refractivity contribution is 0.815. The second-order valence-corrected chi connectivity index (χ2v) is 16.6. The third-order valence-corrected chi connectivity index (χ3v) is 15.0. The normalized spacial score (nSPS) is 18.9. The largest absolute Gasteiger partial charge is 0.148 e. The quantitative estimate of drug-likeness (QED) is 0.353. The van der Waals surface area contributed by atoms with Crippen molar-refractivity contribution in [2.45, 2.75) is 47.5 Å². The van der Waals surface area contributed by atoms with Crippen LogP contribution >= 0.6 is 35.3 Å². The van der Waals surface area contributed by atoms with Crippen molar-refractivity contribution in [3.63, 3.8) is 0 Å². The fourth-order valence-corrected chi connectivity index (χ4v) is 11.2. The van der Waals surface area contributed by atoms with Crippen LogP contribution in [0.4, 0.5) is 0 Å². The number of rotatable bonds is 6. The van der Waals surface area contributed by atoms with Crippen LogP contribution in [0.3, 0.4) is 0 Å². The van der Waals surface area contributed by atoms with E-state index in [1.54, 1.807) is 0 Å². The first kappa shape index (κ1) is 16.9.